The molecule has 3 N–H and O–H groups in total. The Bertz CT molecular complexity index is 1160. The molecule has 3 aromatic carbocycles. The molecule has 1 heterocycles. The molecular formula is C23H18Cl2N2O3. The molecule has 0 saturated heterocycles. The van der Waals surface area contributed by atoms with E-state index in [2.05, 4.69) is 0 Å². The van der Waals surface area contributed by atoms with Crippen LogP contribution in [0.3, 0.4) is 0 Å². The van der Waals surface area contributed by atoms with Gasteiger partial charge in [0.1, 0.15) is 0 Å². The molecule has 0 spiro atoms. The van der Waals surface area contributed by atoms with Crippen molar-refractivity contribution in [2.75, 3.05) is 10.6 Å². The molecule has 152 valence electrons. The summed E-state index contributed by atoms with van der Waals surface area (Å²) in [4.78, 5) is 27.7. The van der Waals surface area contributed by atoms with Crippen molar-refractivity contribution < 1.29 is 14.7 Å². The van der Waals surface area contributed by atoms with Crippen LogP contribution >= 0.6 is 23.2 Å². The lowest BCUT2D eigenvalue weighted by Gasteiger charge is -2.23. The summed E-state index contributed by atoms with van der Waals surface area (Å²) in [6.45, 7) is 0.155. The Morgan fingerprint density at radius 2 is 1.80 bits per heavy atom. The largest absolute Gasteiger partial charge is 0.399 e. The number of ketones is 1. The number of anilines is 2. The van der Waals surface area contributed by atoms with Crippen molar-refractivity contribution in [3.8, 4) is 0 Å². The topological polar surface area (TPSA) is 83.6 Å². The number of rotatable bonds is 5. The third kappa shape index (κ3) is 3.56. The molecule has 5 nitrogen and oxygen atoms in total. The van der Waals surface area contributed by atoms with Crippen LogP contribution < -0.4 is 10.6 Å². The highest BCUT2D eigenvalue weighted by Crippen LogP contribution is 2.45. The number of carbonyl (C=O) groups excluding carboxylic acids is 2. The number of Topliss-reactive ketones (excluding diaryl/α,β-unsaturated/α-hetero) is 1. The Morgan fingerprint density at radius 3 is 2.53 bits per heavy atom. The fourth-order valence-electron chi connectivity index (χ4n) is 3.69. The number of fused-ring (bicyclic) bond motifs is 1. The third-order valence-corrected chi connectivity index (χ3v) is 5.81. The number of nitrogen functional groups attached to an aromatic ring is 1. The SMILES string of the molecule is Nc1cccc(C(=O)CC2(O)C(=O)N(Cc3ccccc3Cl)c3ccc(Cl)cc32)c1. The van der Waals surface area contributed by atoms with Gasteiger partial charge in [0.25, 0.3) is 5.91 Å². The molecule has 1 amide bonds. The van der Waals surface area contributed by atoms with E-state index in [9.17, 15) is 14.7 Å². The van der Waals surface area contributed by atoms with Gasteiger partial charge in [0, 0.05) is 26.9 Å². The molecule has 0 bridgehead atoms. The zero-order valence-corrected chi connectivity index (χ0v) is 17.3. The molecule has 0 radical (unpaired) electrons. The van der Waals surface area contributed by atoms with Gasteiger partial charge in [-0.2, -0.15) is 0 Å². The van der Waals surface area contributed by atoms with Gasteiger partial charge in [-0.1, -0.05) is 53.5 Å². The minimum Gasteiger partial charge on any atom is -0.399 e. The van der Waals surface area contributed by atoms with E-state index in [1.165, 1.54) is 17.0 Å². The minimum atomic E-state index is -2.04. The van der Waals surface area contributed by atoms with E-state index in [1.807, 2.05) is 6.07 Å². The smallest absolute Gasteiger partial charge is 0.264 e. The molecular weight excluding hydrogens is 423 g/mol. The summed E-state index contributed by atoms with van der Waals surface area (Å²) in [5, 5.41) is 12.3. The van der Waals surface area contributed by atoms with Crippen LogP contribution in [0.4, 0.5) is 11.4 Å². The second-order valence-corrected chi connectivity index (χ2v) is 8.07. The summed E-state index contributed by atoms with van der Waals surface area (Å²) in [5.74, 6) is -0.999. The van der Waals surface area contributed by atoms with E-state index >= 15 is 0 Å². The van der Waals surface area contributed by atoms with Crippen LogP contribution in [0.1, 0.15) is 27.9 Å². The van der Waals surface area contributed by atoms with E-state index in [4.69, 9.17) is 28.9 Å². The Balaban J connectivity index is 1.73. The molecule has 0 aliphatic carbocycles. The second-order valence-electron chi connectivity index (χ2n) is 7.23. The minimum absolute atomic E-state index is 0.155. The quantitative estimate of drug-likeness (QED) is 0.449. The molecule has 0 saturated carbocycles. The number of aliphatic hydroxyl groups is 1. The van der Waals surface area contributed by atoms with Gasteiger partial charge in [0.15, 0.2) is 11.4 Å². The number of hydrogen-bond acceptors (Lipinski definition) is 4. The van der Waals surface area contributed by atoms with E-state index in [0.29, 0.717) is 32.5 Å². The molecule has 1 aliphatic rings. The lowest BCUT2D eigenvalue weighted by molar-refractivity contribution is -0.136. The molecule has 0 aromatic heterocycles. The number of nitrogens with two attached hydrogens (primary N) is 1. The average molecular weight is 441 g/mol. The Kier molecular flexibility index (Phi) is 5.28. The molecule has 0 fully saturated rings. The first-order valence-electron chi connectivity index (χ1n) is 9.26. The fraction of sp³-hybridized carbons (Fsp3) is 0.130. The van der Waals surface area contributed by atoms with E-state index in [0.717, 1.165) is 5.56 Å². The highest BCUT2D eigenvalue weighted by molar-refractivity contribution is 6.31. The van der Waals surface area contributed by atoms with Crippen molar-refractivity contribution in [2.45, 2.75) is 18.6 Å². The first kappa shape index (κ1) is 20.4. The van der Waals surface area contributed by atoms with Crippen molar-refractivity contribution >= 4 is 46.3 Å². The predicted molar refractivity (Wildman–Crippen MR) is 118 cm³/mol. The van der Waals surface area contributed by atoms with E-state index in [1.54, 1.807) is 48.5 Å². The van der Waals surface area contributed by atoms with Crippen LogP contribution in [0.5, 0.6) is 0 Å². The van der Waals surface area contributed by atoms with Gasteiger partial charge < -0.3 is 15.7 Å². The summed E-state index contributed by atoms with van der Waals surface area (Å²) >= 11 is 12.4. The van der Waals surface area contributed by atoms with Crippen LogP contribution in [-0.2, 0) is 16.9 Å². The predicted octanol–water partition coefficient (Wildman–Crippen LogP) is 4.58. The fourth-order valence-corrected chi connectivity index (χ4v) is 4.06. The van der Waals surface area contributed by atoms with Crippen molar-refractivity contribution in [1.82, 2.24) is 0 Å². The Hall–Kier alpha value is -2.86. The van der Waals surface area contributed by atoms with Crippen molar-refractivity contribution in [2.24, 2.45) is 0 Å². The number of amides is 1. The lowest BCUT2D eigenvalue weighted by atomic mass is 9.88. The summed E-state index contributed by atoms with van der Waals surface area (Å²) < 4.78 is 0. The third-order valence-electron chi connectivity index (χ3n) is 5.21. The molecule has 1 atom stereocenters. The van der Waals surface area contributed by atoms with E-state index in [-0.39, 0.29) is 6.54 Å². The number of nitrogens with zero attached hydrogens (tertiary/aromatic N) is 1. The van der Waals surface area contributed by atoms with Gasteiger partial charge in [0.05, 0.1) is 18.7 Å². The van der Waals surface area contributed by atoms with Gasteiger partial charge in [-0.25, -0.2) is 0 Å². The maximum atomic E-state index is 13.4. The van der Waals surface area contributed by atoms with Gasteiger partial charge in [-0.3, -0.25) is 9.59 Å². The maximum Gasteiger partial charge on any atom is 0.264 e. The highest BCUT2D eigenvalue weighted by atomic mass is 35.5. The van der Waals surface area contributed by atoms with Crippen molar-refractivity contribution in [3.63, 3.8) is 0 Å². The molecule has 1 unspecified atom stereocenters. The van der Waals surface area contributed by atoms with Crippen LogP contribution in [0.15, 0.2) is 66.7 Å². The van der Waals surface area contributed by atoms with Crippen LogP contribution in [0.2, 0.25) is 10.0 Å². The molecule has 1 aliphatic heterocycles. The normalized spacial score (nSPS) is 17.8. The first-order chi connectivity index (χ1) is 14.3. The van der Waals surface area contributed by atoms with Crippen molar-refractivity contribution in [3.05, 3.63) is 93.5 Å². The summed E-state index contributed by atoms with van der Waals surface area (Å²) in [6, 6.07) is 18.4. The molecule has 3 aromatic rings. The number of hydrogen-bond donors (Lipinski definition) is 2. The van der Waals surface area contributed by atoms with Gasteiger partial charge >= 0.3 is 0 Å². The van der Waals surface area contributed by atoms with Crippen molar-refractivity contribution in [1.29, 1.82) is 0 Å². The van der Waals surface area contributed by atoms with Gasteiger partial charge in [-0.05, 0) is 42.0 Å². The van der Waals surface area contributed by atoms with Crippen LogP contribution in [0, 0.1) is 0 Å². The molecule has 7 heteroatoms. The Morgan fingerprint density at radius 1 is 1.03 bits per heavy atom. The summed E-state index contributed by atoms with van der Waals surface area (Å²) in [5.41, 5.74) is 5.98. The second kappa shape index (κ2) is 7.76. The molecule has 30 heavy (non-hydrogen) atoms. The highest BCUT2D eigenvalue weighted by Gasteiger charge is 2.51. The zero-order valence-electron chi connectivity index (χ0n) is 15.8. The van der Waals surface area contributed by atoms with Gasteiger partial charge in [0.2, 0.25) is 0 Å². The number of halogens is 2. The zero-order chi connectivity index (χ0) is 21.5. The van der Waals surface area contributed by atoms with Crippen LogP contribution in [0.25, 0.3) is 0 Å². The standard InChI is InChI=1S/C23H18Cl2N2O3/c24-16-8-9-20-18(11-16)23(30,12-21(28)14-5-3-6-17(26)10-14)22(29)27(20)13-15-4-1-2-7-19(15)25/h1-11,30H,12-13,26H2. The lowest BCUT2D eigenvalue weighted by Crippen LogP contribution is -2.41. The van der Waals surface area contributed by atoms with Crippen LogP contribution in [-0.4, -0.2) is 16.8 Å². The maximum absolute atomic E-state index is 13.4. The monoisotopic (exact) mass is 440 g/mol. The first-order valence-corrected chi connectivity index (χ1v) is 10.0. The number of carbonyl (C=O) groups is 2. The summed E-state index contributed by atoms with van der Waals surface area (Å²) in [6.07, 6.45) is -0.429. The Labute approximate surface area is 183 Å². The molecule has 4 rings (SSSR count). The van der Waals surface area contributed by atoms with E-state index < -0.39 is 23.7 Å². The average Bonchev–Trinajstić information content (AvgIpc) is 2.91. The summed E-state index contributed by atoms with van der Waals surface area (Å²) in [7, 11) is 0. The van der Waals surface area contributed by atoms with Gasteiger partial charge in [-0.15, -0.1) is 0 Å². The number of benzene rings is 3.